The maximum absolute atomic E-state index is 14.3. The van der Waals surface area contributed by atoms with Crippen molar-refractivity contribution in [2.75, 3.05) is 5.75 Å². The molecule has 7 nitrogen and oxygen atoms in total. The summed E-state index contributed by atoms with van der Waals surface area (Å²) in [4.78, 5) is 47.0. The summed E-state index contributed by atoms with van der Waals surface area (Å²) in [5.41, 5.74) is 4.21. The zero-order valence-electron chi connectivity index (χ0n) is 29.3. The van der Waals surface area contributed by atoms with Crippen molar-refractivity contribution in [3.8, 4) is 5.75 Å². The van der Waals surface area contributed by atoms with Gasteiger partial charge in [0.15, 0.2) is 5.17 Å². The normalized spacial score (nSPS) is 14.1. The second kappa shape index (κ2) is 19.4. The van der Waals surface area contributed by atoms with E-state index in [-0.39, 0.29) is 29.0 Å². The molecule has 0 saturated heterocycles. The number of nitrogens with one attached hydrogen (secondary N) is 1. The van der Waals surface area contributed by atoms with E-state index in [1.54, 1.807) is 61.6 Å². The molecule has 1 N–H and O–H groups in total. The monoisotopic (exact) mass is 839 g/mol. The molecule has 4 aromatic carbocycles. The van der Waals surface area contributed by atoms with Crippen LogP contribution in [0.5, 0.6) is 5.75 Å². The van der Waals surface area contributed by atoms with Gasteiger partial charge in [-0.2, -0.15) is 4.99 Å². The van der Waals surface area contributed by atoms with Gasteiger partial charge in [-0.3, -0.25) is 19.3 Å². The second-order valence-corrected chi connectivity index (χ2v) is 14.5. The van der Waals surface area contributed by atoms with Crippen LogP contribution in [0.4, 0.5) is 0 Å². The second-order valence-electron chi connectivity index (χ2n) is 11.8. The Morgan fingerprint density at radius 3 is 2.28 bits per heavy atom. The van der Waals surface area contributed by atoms with Crippen molar-refractivity contribution in [3.63, 3.8) is 0 Å². The van der Waals surface area contributed by atoms with Crippen LogP contribution in [0.3, 0.4) is 0 Å². The predicted octanol–water partition coefficient (Wildman–Crippen LogP) is 10.5. The van der Waals surface area contributed by atoms with Crippen LogP contribution in [0.25, 0.3) is 6.08 Å². The van der Waals surface area contributed by atoms with E-state index in [9.17, 15) is 14.4 Å². The molecule has 1 aliphatic rings. The molecule has 0 fully saturated rings. The summed E-state index contributed by atoms with van der Waals surface area (Å²) in [5, 5.41) is 4.19. The van der Waals surface area contributed by atoms with Crippen LogP contribution >= 0.6 is 50.9 Å². The van der Waals surface area contributed by atoms with Gasteiger partial charge in [0.25, 0.3) is 11.8 Å². The Morgan fingerprint density at radius 1 is 0.981 bits per heavy atom. The number of hydrogen-bond donors (Lipinski definition) is 1. The molecule has 0 aliphatic carbocycles. The van der Waals surface area contributed by atoms with Gasteiger partial charge >= 0.3 is 0 Å². The fourth-order valence-electron chi connectivity index (χ4n) is 5.57. The van der Waals surface area contributed by atoms with Crippen molar-refractivity contribution < 1.29 is 19.1 Å². The third-order valence-corrected chi connectivity index (χ3v) is 10.2. The molecular formula is C43H36BrCl2N3O4S. The number of carbonyl (C=O) groups excluding carboxylic acids is 3. The van der Waals surface area contributed by atoms with Crippen LogP contribution < -0.4 is 10.1 Å². The third kappa shape index (κ3) is 10.2. The lowest BCUT2D eigenvalue weighted by molar-refractivity contribution is -0.126. The summed E-state index contributed by atoms with van der Waals surface area (Å²) in [6.45, 7) is 9.57. The number of amidine groups is 1. The molecule has 1 heterocycles. The molecule has 1 aliphatic heterocycles. The lowest BCUT2D eigenvalue weighted by Gasteiger charge is -2.28. The first-order valence-corrected chi connectivity index (χ1v) is 19.3. The van der Waals surface area contributed by atoms with Crippen molar-refractivity contribution in [2.24, 2.45) is 4.99 Å². The number of carbonyl (C=O) groups is 3. The minimum Gasteiger partial charge on any atom is -0.487 e. The molecule has 0 radical (unpaired) electrons. The molecule has 54 heavy (non-hydrogen) atoms. The van der Waals surface area contributed by atoms with Crippen LogP contribution in [0.1, 0.15) is 40.8 Å². The summed E-state index contributed by atoms with van der Waals surface area (Å²) in [7, 11) is 0. The van der Waals surface area contributed by atoms with Gasteiger partial charge in [0.05, 0.1) is 16.3 Å². The van der Waals surface area contributed by atoms with Gasteiger partial charge in [0, 0.05) is 21.3 Å². The highest BCUT2D eigenvalue weighted by Gasteiger charge is 2.35. The van der Waals surface area contributed by atoms with E-state index in [0.29, 0.717) is 37.9 Å². The Kier molecular flexibility index (Phi) is 14.5. The van der Waals surface area contributed by atoms with Gasteiger partial charge < -0.3 is 10.1 Å². The summed E-state index contributed by atoms with van der Waals surface area (Å²) in [6.07, 6.45) is 10.3. The van der Waals surface area contributed by atoms with E-state index < -0.39 is 17.9 Å². The van der Waals surface area contributed by atoms with Crippen molar-refractivity contribution in [3.05, 3.63) is 188 Å². The van der Waals surface area contributed by atoms with Crippen LogP contribution in [0.2, 0.25) is 10.0 Å². The molecule has 11 heteroatoms. The Labute approximate surface area is 337 Å². The topological polar surface area (TPSA) is 88.1 Å². The number of allylic oxidation sites excluding steroid dienone is 5. The van der Waals surface area contributed by atoms with E-state index >= 15 is 0 Å². The molecule has 0 bridgehead atoms. The van der Waals surface area contributed by atoms with Crippen LogP contribution in [0, 0.1) is 0 Å². The summed E-state index contributed by atoms with van der Waals surface area (Å²) >= 11 is 17.0. The average Bonchev–Trinajstić information content (AvgIpc) is 3.16. The summed E-state index contributed by atoms with van der Waals surface area (Å²) in [5.74, 6) is -1.16. The number of thioether (sulfide) groups is 1. The molecule has 0 unspecified atom stereocenters. The zero-order valence-corrected chi connectivity index (χ0v) is 33.2. The average molecular weight is 842 g/mol. The van der Waals surface area contributed by atoms with E-state index in [2.05, 4.69) is 39.4 Å². The van der Waals surface area contributed by atoms with Crippen LogP contribution in [-0.4, -0.2) is 33.5 Å². The fraction of sp³-hybridized carbons (Fsp3) is 0.116. The molecule has 0 saturated carbocycles. The highest BCUT2D eigenvalue weighted by Crippen LogP contribution is 2.35. The van der Waals surface area contributed by atoms with E-state index in [0.717, 1.165) is 34.0 Å². The number of ether oxygens (including phenoxy) is 1. The van der Waals surface area contributed by atoms with Gasteiger partial charge in [-0.1, -0.05) is 133 Å². The zero-order chi connectivity index (χ0) is 38.6. The van der Waals surface area contributed by atoms with Crippen LogP contribution in [-0.2, 0) is 27.4 Å². The molecule has 3 amide bonds. The van der Waals surface area contributed by atoms with Crippen molar-refractivity contribution in [1.82, 2.24) is 10.2 Å². The maximum Gasteiger partial charge on any atom is 0.285 e. The number of rotatable bonds is 14. The molecule has 0 atom stereocenters. The summed E-state index contributed by atoms with van der Waals surface area (Å²) < 4.78 is 6.79. The van der Waals surface area contributed by atoms with Gasteiger partial charge in [-0.25, -0.2) is 0 Å². The Bertz CT molecular complexity index is 2150. The Morgan fingerprint density at radius 2 is 1.67 bits per heavy atom. The van der Waals surface area contributed by atoms with Crippen molar-refractivity contribution in [2.45, 2.75) is 26.0 Å². The Balaban J connectivity index is 1.43. The predicted molar refractivity (Wildman–Crippen MR) is 225 cm³/mol. The van der Waals surface area contributed by atoms with Crippen molar-refractivity contribution in [1.29, 1.82) is 0 Å². The standard InChI is InChI=1S/C43H36BrCl2N3O4S/c1-4-7-19-34(6-3)49-42(52)35(23-28-22-31(14-5-2)40(36(44)24-28)53-26-32-20-21-33(45)25-37(32)46)41(51)48-43(49)54-27-38(50)47-39(29-15-10-8-11-16-29)30-17-12-9-13-18-30/h4-13,15-25,39H,1-2,14,26-27H2,3H3,(H,47,50)/b19-7-,34-6+,35-23+. The summed E-state index contributed by atoms with van der Waals surface area (Å²) in [6, 6.07) is 27.7. The SMILES string of the molecule is C=C/C=C\C(=C/C)N1C(=O)/C(=C/c2cc(Br)c(OCc3ccc(Cl)cc3Cl)c(CC=C)c2)C(=O)N=C1SCC(=O)NC(c1ccccc1)c1ccccc1. The minimum atomic E-state index is -0.729. The largest absolute Gasteiger partial charge is 0.487 e. The van der Waals surface area contributed by atoms with Gasteiger partial charge in [-0.15, -0.1) is 6.58 Å². The van der Waals surface area contributed by atoms with Gasteiger partial charge in [-0.05, 0) is 87.9 Å². The minimum absolute atomic E-state index is 0.0771. The molecule has 274 valence electrons. The molecular weight excluding hydrogens is 805 g/mol. The van der Waals surface area contributed by atoms with E-state index in [1.807, 2.05) is 66.7 Å². The first-order chi connectivity index (χ1) is 26.1. The molecule has 5 rings (SSSR count). The van der Waals surface area contributed by atoms with E-state index in [4.69, 9.17) is 27.9 Å². The smallest absolute Gasteiger partial charge is 0.285 e. The molecule has 4 aromatic rings. The first-order valence-electron chi connectivity index (χ1n) is 16.8. The van der Waals surface area contributed by atoms with Gasteiger partial charge in [0.2, 0.25) is 5.91 Å². The number of aliphatic imine (C=N–C) groups is 1. The van der Waals surface area contributed by atoms with E-state index in [1.165, 1.54) is 11.0 Å². The molecule has 0 spiro atoms. The Hall–Kier alpha value is -4.93. The lowest BCUT2D eigenvalue weighted by Crippen LogP contribution is -2.42. The number of nitrogens with zero attached hydrogens (tertiary/aromatic N) is 2. The quantitative estimate of drug-likeness (QED) is 0.0591. The maximum atomic E-state index is 14.3. The third-order valence-electron chi connectivity index (χ3n) is 8.12. The highest BCUT2D eigenvalue weighted by molar-refractivity contribution is 9.10. The molecule has 0 aromatic heterocycles. The van der Waals surface area contributed by atoms with Crippen molar-refractivity contribution >= 4 is 79.9 Å². The first kappa shape index (κ1) is 40.3. The highest BCUT2D eigenvalue weighted by atomic mass is 79.9. The number of amides is 3. The number of hydrogen-bond acceptors (Lipinski definition) is 5. The fourth-order valence-corrected chi connectivity index (χ4v) is 7.48. The lowest BCUT2D eigenvalue weighted by atomic mass is 9.99. The number of benzene rings is 4. The van der Waals surface area contributed by atoms with Gasteiger partial charge in [0.1, 0.15) is 17.9 Å². The number of halogens is 3. The van der Waals surface area contributed by atoms with Crippen LogP contribution in [0.15, 0.2) is 155 Å².